The number of anilines is 1. The third-order valence-electron chi connectivity index (χ3n) is 5.47. The summed E-state index contributed by atoms with van der Waals surface area (Å²) in [6.07, 6.45) is 0. The molecule has 1 fully saturated rings. The van der Waals surface area contributed by atoms with Gasteiger partial charge in [-0.1, -0.05) is 51.1 Å². The van der Waals surface area contributed by atoms with Crippen molar-refractivity contribution < 1.29 is 28.2 Å². The van der Waals surface area contributed by atoms with E-state index in [1.165, 1.54) is 0 Å². The van der Waals surface area contributed by atoms with Gasteiger partial charge in [-0.05, 0) is 19.4 Å². The molecule has 1 saturated heterocycles. The lowest BCUT2D eigenvalue weighted by molar-refractivity contribution is -0.162. The van der Waals surface area contributed by atoms with Gasteiger partial charge in [0, 0.05) is 18.5 Å². The van der Waals surface area contributed by atoms with Crippen molar-refractivity contribution >= 4 is 17.8 Å². The Bertz CT molecular complexity index is 910. The zero-order valence-electron chi connectivity index (χ0n) is 20.1. The summed E-state index contributed by atoms with van der Waals surface area (Å²) in [6, 6.07) is 9.29. The van der Waals surface area contributed by atoms with Crippen LogP contribution in [0.3, 0.4) is 0 Å². The second-order valence-electron chi connectivity index (χ2n) is 8.93. The SMILES string of the molecule is CCOC(=O)C(C(=O)OCC)C(c1ccccc1)c1nc(C(C)(C)C)c(N2CCOCC2)o1. The fourth-order valence-electron chi connectivity index (χ4n) is 3.90. The fraction of sp³-hybridized carbons (Fsp3) is 0.560. The molecule has 0 bridgehead atoms. The van der Waals surface area contributed by atoms with Crippen LogP contribution in [0.15, 0.2) is 34.7 Å². The first-order valence-electron chi connectivity index (χ1n) is 11.5. The molecule has 1 aromatic carbocycles. The molecular weight excluding hydrogens is 424 g/mol. The first-order valence-corrected chi connectivity index (χ1v) is 11.5. The van der Waals surface area contributed by atoms with E-state index in [4.69, 9.17) is 23.6 Å². The highest BCUT2D eigenvalue weighted by Crippen LogP contribution is 2.40. The maximum atomic E-state index is 13.0. The third kappa shape index (κ3) is 5.74. The van der Waals surface area contributed by atoms with Crippen LogP contribution < -0.4 is 4.90 Å². The van der Waals surface area contributed by atoms with Gasteiger partial charge in [0.15, 0.2) is 5.92 Å². The highest BCUT2D eigenvalue weighted by Gasteiger charge is 2.43. The van der Waals surface area contributed by atoms with Gasteiger partial charge in [-0.3, -0.25) is 9.59 Å². The van der Waals surface area contributed by atoms with Gasteiger partial charge in [0.05, 0.1) is 32.3 Å². The molecule has 2 aromatic rings. The molecule has 1 aliphatic heterocycles. The number of carbonyl (C=O) groups is 2. The molecule has 1 aromatic heterocycles. The van der Waals surface area contributed by atoms with Crippen molar-refractivity contribution in [3.8, 4) is 0 Å². The lowest BCUT2D eigenvalue weighted by atomic mass is 9.85. The molecule has 8 heteroatoms. The van der Waals surface area contributed by atoms with Crippen LogP contribution in [0.1, 0.15) is 57.7 Å². The van der Waals surface area contributed by atoms with Gasteiger partial charge in [-0.2, -0.15) is 0 Å². The number of oxazole rings is 1. The Morgan fingerprint density at radius 2 is 1.61 bits per heavy atom. The fourth-order valence-corrected chi connectivity index (χ4v) is 3.90. The Hall–Kier alpha value is -2.87. The van der Waals surface area contributed by atoms with E-state index in [0.717, 1.165) is 11.3 Å². The van der Waals surface area contributed by atoms with Crippen molar-refractivity contribution in [2.75, 3.05) is 44.4 Å². The molecule has 0 aliphatic carbocycles. The van der Waals surface area contributed by atoms with Crippen LogP contribution >= 0.6 is 0 Å². The van der Waals surface area contributed by atoms with Crippen molar-refractivity contribution in [3.05, 3.63) is 47.5 Å². The average Bonchev–Trinajstić information content (AvgIpc) is 3.24. The van der Waals surface area contributed by atoms with Crippen molar-refractivity contribution in [2.45, 2.75) is 46.0 Å². The van der Waals surface area contributed by atoms with Crippen molar-refractivity contribution in [3.63, 3.8) is 0 Å². The van der Waals surface area contributed by atoms with E-state index in [0.29, 0.717) is 38.1 Å². The quantitative estimate of drug-likeness (QED) is 0.437. The number of morpholine rings is 1. The largest absolute Gasteiger partial charge is 0.465 e. The number of carbonyl (C=O) groups excluding carboxylic acids is 2. The number of ether oxygens (including phenoxy) is 3. The minimum absolute atomic E-state index is 0.147. The maximum Gasteiger partial charge on any atom is 0.321 e. The summed E-state index contributed by atoms with van der Waals surface area (Å²) in [7, 11) is 0. The molecule has 1 unspecified atom stereocenters. The highest BCUT2D eigenvalue weighted by molar-refractivity contribution is 5.96. The third-order valence-corrected chi connectivity index (χ3v) is 5.47. The first-order chi connectivity index (χ1) is 15.8. The minimum atomic E-state index is -1.24. The summed E-state index contributed by atoms with van der Waals surface area (Å²) in [5.41, 5.74) is 1.17. The molecule has 1 atom stereocenters. The van der Waals surface area contributed by atoms with Crippen LogP contribution in [0.5, 0.6) is 0 Å². The van der Waals surface area contributed by atoms with Crippen LogP contribution in [0.25, 0.3) is 0 Å². The van der Waals surface area contributed by atoms with E-state index in [-0.39, 0.29) is 18.6 Å². The van der Waals surface area contributed by atoms with E-state index >= 15 is 0 Å². The number of nitrogens with zero attached hydrogens (tertiary/aromatic N) is 2. The van der Waals surface area contributed by atoms with Gasteiger partial charge in [-0.15, -0.1) is 0 Å². The number of rotatable bonds is 8. The second-order valence-corrected chi connectivity index (χ2v) is 8.93. The Labute approximate surface area is 195 Å². The molecule has 0 amide bonds. The van der Waals surface area contributed by atoms with E-state index in [1.54, 1.807) is 13.8 Å². The van der Waals surface area contributed by atoms with E-state index in [2.05, 4.69) is 25.7 Å². The summed E-state index contributed by atoms with van der Waals surface area (Å²) in [5, 5.41) is 0. The Kier molecular flexibility index (Phi) is 8.13. The van der Waals surface area contributed by atoms with Crippen molar-refractivity contribution in [2.24, 2.45) is 5.92 Å². The number of esters is 2. The lowest BCUT2D eigenvalue weighted by Gasteiger charge is -2.29. The standard InChI is InChI=1S/C25H34N2O6/c1-6-31-23(28)19(24(29)32-7-2)18(17-11-9-8-10-12-17)21-26-20(25(3,4)5)22(33-21)27-13-15-30-16-14-27/h8-12,18-19H,6-7,13-16H2,1-5H3. The van der Waals surface area contributed by atoms with Gasteiger partial charge in [0.25, 0.3) is 0 Å². The molecule has 0 N–H and O–H groups in total. The van der Waals surface area contributed by atoms with Crippen LogP contribution in [0, 0.1) is 5.92 Å². The van der Waals surface area contributed by atoms with Gasteiger partial charge >= 0.3 is 11.9 Å². The predicted octanol–water partition coefficient (Wildman–Crippen LogP) is 3.68. The smallest absolute Gasteiger partial charge is 0.321 e. The molecular formula is C25H34N2O6. The molecule has 0 radical (unpaired) electrons. The van der Waals surface area contributed by atoms with Crippen LogP contribution in [0.2, 0.25) is 0 Å². The monoisotopic (exact) mass is 458 g/mol. The molecule has 0 spiro atoms. The summed E-state index contributed by atoms with van der Waals surface area (Å²) in [6.45, 7) is 12.4. The topological polar surface area (TPSA) is 91.1 Å². The second kappa shape index (κ2) is 10.8. The maximum absolute atomic E-state index is 13.0. The molecule has 3 rings (SSSR count). The predicted molar refractivity (Wildman–Crippen MR) is 123 cm³/mol. The van der Waals surface area contributed by atoms with Crippen LogP contribution in [-0.2, 0) is 29.2 Å². The molecule has 2 heterocycles. The number of hydrogen-bond acceptors (Lipinski definition) is 8. The molecule has 33 heavy (non-hydrogen) atoms. The van der Waals surface area contributed by atoms with Crippen LogP contribution in [-0.4, -0.2) is 56.4 Å². The van der Waals surface area contributed by atoms with Crippen molar-refractivity contribution in [1.29, 1.82) is 0 Å². The zero-order valence-corrected chi connectivity index (χ0v) is 20.1. The number of aromatic nitrogens is 1. The van der Waals surface area contributed by atoms with E-state index < -0.39 is 23.8 Å². The summed E-state index contributed by atoms with van der Waals surface area (Å²) >= 11 is 0. The molecule has 1 aliphatic rings. The van der Waals surface area contributed by atoms with E-state index in [1.807, 2.05) is 30.3 Å². The molecule has 0 saturated carbocycles. The van der Waals surface area contributed by atoms with Gasteiger partial charge in [0.1, 0.15) is 5.69 Å². The van der Waals surface area contributed by atoms with Gasteiger partial charge in [-0.25, -0.2) is 4.98 Å². The highest BCUT2D eigenvalue weighted by atomic mass is 16.6. The number of benzene rings is 1. The average molecular weight is 459 g/mol. The number of hydrogen-bond donors (Lipinski definition) is 0. The van der Waals surface area contributed by atoms with Gasteiger partial charge in [0.2, 0.25) is 11.8 Å². The summed E-state index contributed by atoms with van der Waals surface area (Å²) in [5.74, 6) is -2.41. The Morgan fingerprint density at radius 3 is 2.12 bits per heavy atom. The minimum Gasteiger partial charge on any atom is -0.465 e. The van der Waals surface area contributed by atoms with Gasteiger partial charge < -0.3 is 23.5 Å². The van der Waals surface area contributed by atoms with Crippen LogP contribution in [0.4, 0.5) is 5.88 Å². The molecule has 180 valence electrons. The summed E-state index contributed by atoms with van der Waals surface area (Å²) in [4.78, 5) is 33.0. The Morgan fingerprint density at radius 1 is 1.03 bits per heavy atom. The normalized spacial score (nSPS) is 15.4. The Balaban J connectivity index is 2.17. The molecule has 8 nitrogen and oxygen atoms in total. The zero-order chi connectivity index (χ0) is 24.0. The first kappa shape index (κ1) is 24.8. The van der Waals surface area contributed by atoms with Crippen molar-refractivity contribution in [1.82, 2.24) is 4.98 Å². The lowest BCUT2D eigenvalue weighted by Crippen LogP contribution is -2.37. The van der Waals surface area contributed by atoms with E-state index in [9.17, 15) is 9.59 Å². The summed E-state index contributed by atoms with van der Waals surface area (Å²) < 4.78 is 22.4.